The molecule has 2 fully saturated rings. The molecular formula is C25H25ClN4O2. The summed E-state index contributed by atoms with van der Waals surface area (Å²) >= 11 is 6.32. The van der Waals surface area contributed by atoms with Crippen LogP contribution in [0, 0.1) is 0 Å². The van der Waals surface area contributed by atoms with Gasteiger partial charge in [0, 0.05) is 35.8 Å². The predicted molar refractivity (Wildman–Crippen MR) is 124 cm³/mol. The predicted octanol–water partition coefficient (Wildman–Crippen LogP) is 4.76. The average molecular weight is 449 g/mol. The van der Waals surface area contributed by atoms with Gasteiger partial charge in [-0.15, -0.1) is 0 Å². The molecule has 1 N–H and O–H groups in total. The van der Waals surface area contributed by atoms with Crippen molar-refractivity contribution in [1.82, 2.24) is 14.9 Å². The van der Waals surface area contributed by atoms with Gasteiger partial charge in [-0.3, -0.25) is 9.59 Å². The second-order valence-corrected chi connectivity index (χ2v) is 8.81. The van der Waals surface area contributed by atoms with Crippen LogP contribution in [0.1, 0.15) is 43.1 Å². The van der Waals surface area contributed by atoms with Gasteiger partial charge in [-0.05, 0) is 43.0 Å². The smallest absolute Gasteiger partial charge is 0.227 e. The number of hydrogen-bond donors (Lipinski definition) is 1. The summed E-state index contributed by atoms with van der Waals surface area (Å²) in [6, 6.07) is 15.4. The van der Waals surface area contributed by atoms with Crippen molar-refractivity contribution in [2.24, 2.45) is 0 Å². The topological polar surface area (TPSA) is 69.3 Å². The van der Waals surface area contributed by atoms with E-state index < -0.39 is 0 Å². The second-order valence-electron chi connectivity index (χ2n) is 8.40. The van der Waals surface area contributed by atoms with Gasteiger partial charge < -0.3 is 14.8 Å². The molecule has 0 bridgehead atoms. The van der Waals surface area contributed by atoms with E-state index in [0.29, 0.717) is 17.9 Å². The zero-order chi connectivity index (χ0) is 22.1. The molecule has 0 aliphatic carbocycles. The summed E-state index contributed by atoms with van der Waals surface area (Å²) in [7, 11) is 0. The molecule has 2 aliphatic heterocycles. The van der Waals surface area contributed by atoms with Gasteiger partial charge in [-0.25, -0.2) is 4.98 Å². The number of anilines is 1. The van der Waals surface area contributed by atoms with E-state index in [-0.39, 0.29) is 17.9 Å². The Hall–Kier alpha value is -3.12. The third-order valence-corrected chi connectivity index (χ3v) is 6.65. The summed E-state index contributed by atoms with van der Waals surface area (Å²) in [5, 5.41) is 0.668. The summed E-state index contributed by atoms with van der Waals surface area (Å²) in [6.07, 6.45) is 5.48. The molecule has 2 saturated heterocycles. The third kappa shape index (κ3) is 4.02. The number of amides is 2. The number of carbonyl (C=O) groups excluding carboxylic acids is 2. The van der Waals surface area contributed by atoms with Gasteiger partial charge in [-0.1, -0.05) is 41.9 Å². The van der Waals surface area contributed by atoms with E-state index in [1.807, 2.05) is 58.3 Å². The van der Waals surface area contributed by atoms with Crippen LogP contribution >= 0.6 is 11.6 Å². The van der Waals surface area contributed by atoms with E-state index in [1.54, 1.807) is 6.20 Å². The number of nitrogens with zero attached hydrogens (tertiary/aromatic N) is 3. The highest BCUT2D eigenvalue weighted by atomic mass is 35.5. The fourth-order valence-electron chi connectivity index (χ4n) is 4.66. The summed E-state index contributed by atoms with van der Waals surface area (Å²) < 4.78 is 0. The Bertz CT molecular complexity index is 1140. The molecule has 2 aromatic carbocycles. The lowest BCUT2D eigenvalue weighted by Crippen LogP contribution is -2.32. The molecule has 164 valence electrons. The van der Waals surface area contributed by atoms with Crippen LogP contribution in [0.3, 0.4) is 0 Å². The van der Waals surface area contributed by atoms with E-state index in [2.05, 4.69) is 9.97 Å². The van der Waals surface area contributed by atoms with Gasteiger partial charge in [0.05, 0.1) is 24.4 Å². The number of benzene rings is 2. The summed E-state index contributed by atoms with van der Waals surface area (Å²) in [5.41, 5.74) is 3.62. The lowest BCUT2D eigenvalue weighted by atomic mass is 10.1. The maximum Gasteiger partial charge on any atom is 0.227 e. The van der Waals surface area contributed by atoms with Crippen molar-refractivity contribution in [3.8, 4) is 11.3 Å². The normalized spacial score (nSPS) is 18.5. The number of halogens is 1. The zero-order valence-corrected chi connectivity index (χ0v) is 18.5. The Morgan fingerprint density at radius 2 is 1.91 bits per heavy atom. The first-order valence-electron chi connectivity index (χ1n) is 11.1. The fourth-order valence-corrected chi connectivity index (χ4v) is 4.90. The first-order valence-corrected chi connectivity index (χ1v) is 11.5. The Kier molecular flexibility index (Phi) is 5.70. The maximum absolute atomic E-state index is 13.1. The highest BCUT2D eigenvalue weighted by Gasteiger charge is 2.32. The highest BCUT2D eigenvalue weighted by Crippen LogP contribution is 2.33. The van der Waals surface area contributed by atoms with Crippen molar-refractivity contribution in [2.75, 3.05) is 18.0 Å². The molecule has 0 radical (unpaired) electrons. The van der Waals surface area contributed by atoms with Gasteiger partial charge in [-0.2, -0.15) is 0 Å². The van der Waals surface area contributed by atoms with Crippen LogP contribution in [-0.2, 0) is 16.0 Å². The third-order valence-electron chi connectivity index (χ3n) is 6.33. The molecule has 0 unspecified atom stereocenters. The first kappa shape index (κ1) is 20.8. The van der Waals surface area contributed by atoms with Gasteiger partial charge in [0.1, 0.15) is 5.82 Å². The van der Waals surface area contributed by atoms with Crippen LogP contribution in [0.2, 0.25) is 5.02 Å². The van der Waals surface area contributed by atoms with Crippen molar-refractivity contribution < 1.29 is 9.59 Å². The lowest BCUT2D eigenvalue weighted by Gasteiger charge is -2.23. The molecule has 32 heavy (non-hydrogen) atoms. The quantitative estimate of drug-likeness (QED) is 0.611. The van der Waals surface area contributed by atoms with Gasteiger partial charge in [0.25, 0.3) is 0 Å². The molecule has 7 heteroatoms. The first-order chi connectivity index (χ1) is 15.6. The molecule has 5 rings (SSSR count). The van der Waals surface area contributed by atoms with Crippen LogP contribution in [0.5, 0.6) is 0 Å². The number of aromatic nitrogens is 2. The molecule has 6 nitrogen and oxygen atoms in total. The van der Waals surface area contributed by atoms with Crippen molar-refractivity contribution in [3.05, 3.63) is 71.1 Å². The minimum Gasteiger partial charge on any atom is -0.340 e. The number of nitrogens with one attached hydrogen (secondary N) is 1. The molecule has 2 amide bonds. The van der Waals surface area contributed by atoms with Crippen molar-refractivity contribution in [3.63, 3.8) is 0 Å². The zero-order valence-electron chi connectivity index (χ0n) is 17.8. The van der Waals surface area contributed by atoms with Crippen LogP contribution in [-0.4, -0.2) is 39.8 Å². The molecule has 1 aromatic heterocycles. The maximum atomic E-state index is 13.1. The Labute approximate surface area is 192 Å². The lowest BCUT2D eigenvalue weighted by molar-refractivity contribution is -0.131. The summed E-state index contributed by atoms with van der Waals surface area (Å²) in [6.45, 7) is 1.50. The van der Waals surface area contributed by atoms with Crippen LogP contribution < -0.4 is 4.90 Å². The number of carbonyl (C=O) groups is 2. The number of aromatic amines is 1. The Morgan fingerprint density at radius 3 is 2.66 bits per heavy atom. The molecule has 3 heterocycles. The van der Waals surface area contributed by atoms with E-state index in [1.165, 1.54) is 0 Å². The average Bonchev–Trinajstić information content (AvgIpc) is 3.55. The second kappa shape index (κ2) is 8.79. The monoisotopic (exact) mass is 448 g/mol. The number of hydrogen-bond acceptors (Lipinski definition) is 3. The standard InChI is InChI=1S/C25H25ClN4O2/c26-20-6-2-1-5-19(20)21-16-27-25(28-21)22-7-3-14-30(22)24(32)15-17-9-11-18(12-10-17)29-13-4-8-23(29)31/h1-2,5-6,9-12,16,22H,3-4,7-8,13-15H2,(H,27,28)/t22-/m0/s1. The van der Waals surface area contributed by atoms with E-state index in [9.17, 15) is 9.59 Å². The molecule has 2 aliphatic rings. The van der Waals surface area contributed by atoms with Crippen LogP contribution in [0.15, 0.2) is 54.7 Å². The largest absolute Gasteiger partial charge is 0.340 e. The SMILES string of the molecule is O=C1CCCN1c1ccc(CC(=O)N2CCC[C@H]2c2ncc(-c3ccccc3Cl)[nH]2)cc1. The molecule has 0 spiro atoms. The van der Waals surface area contributed by atoms with Gasteiger partial charge >= 0.3 is 0 Å². The highest BCUT2D eigenvalue weighted by molar-refractivity contribution is 6.33. The number of H-pyrrole nitrogens is 1. The number of likely N-dealkylation sites (tertiary alicyclic amines) is 1. The van der Waals surface area contributed by atoms with Crippen LogP contribution in [0.4, 0.5) is 5.69 Å². The number of rotatable bonds is 5. The summed E-state index contributed by atoms with van der Waals surface area (Å²) in [5.74, 6) is 1.06. The summed E-state index contributed by atoms with van der Waals surface area (Å²) in [4.78, 5) is 36.8. The van der Waals surface area contributed by atoms with Gasteiger partial charge in [0.15, 0.2) is 0 Å². The van der Waals surface area contributed by atoms with Crippen LogP contribution in [0.25, 0.3) is 11.3 Å². The van der Waals surface area contributed by atoms with Crippen molar-refractivity contribution in [2.45, 2.75) is 38.1 Å². The minimum atomic E-state index is -0.0553. The Balaban J connectivity index is 1.28. The molecule has 0 saturated carbocycles. The van der Waals surface area contributed by atoms with Crippen molar-refractivity contribution in [1.29, 1.82) is 0 Å². The Morgan fingerprint density at radius 1 is 1.09 bits per heavy atom. The minimum absolute atomic E-state index is 0.0553. The van der Waals surface area contributed by atoms with Crippen molar-refractivity contribution >= 4 is 29.1 Å². The molecule has 1 atom stereocenters. The van der Waals surface area contributed by atoms with E-state index >= 15 is 0 Å². The number of imidazole rings is 1. The van der Waals surface area contributed by atoms with E-state index in [4.69, 9.17) is 11.6 Å². The molecular weight excluding hydrogens is 424 g/mol. The fraction of sp³-hybridized carbons (Fsp3) is 0.320. The molecule has 3 aromatic rings. The van der Waals surface area contributed by atoms with E-state index in [0.717, 1.165) is 60.7 Å². The van der Waals surface area contributed by atoms with Gasteiger partial charge in [0.2, 0.25) is 11.8 Å².